The number of hydrogen-bond acceptors (Lipinski definition) is 5. The highest BCUT2D eigenvalue weighted by molar-refractivity contribution is 7.88. The first-order valence-corrected chi connectivity index (χ1v) is 10.0. The molecule has 24 heavy (non-hydrogen) atoms. The van der Waals surface area contributed by atoms with Gasteiger partial charge in [-0.1, -0.05) is 0 Å². The molecule has 0 spiro atoms. The number of rotatable bonds is 5. The molecule has 0 amide bonds. The van der Waals surface area contributed by atoms with Crippen molar-refractivity contribution in [1.29, 1.82) is 0 Å². The quantitative estimate of drug-likeness (QED) is 0.875. The van der Waals surface area contributed by atoms with Crippen molar-refractivity contribution in [2.75, 3.05) is 18.0 Å². The van der Waals surface area contributed by atoms with Gasteiger partial charge in [0.1, 0.15) is 11.6 Å². The molecular formula is C15H17F2N3O2S2. The van der Waals surface area contributed by atoms with Crippen LogP contribution in [-0.2, 0) is 15.8 Å². The number of halogens is 2. The van der Waals surface area contributed by atoms with Gasteiger partial charge >= 0.3 is 0 Å². The van der Waals surface area contributed by atoms with Crippen molar-refractivity contribution in [2.24, 2.45) is 0 Å². The Morgan fingerprint density at radius 3 is 2.71 bits per heavy atom. The number of nitrogens with zero attached hydrogens (tertiary/aromatic N) is 2. The molecule has 130 valence electrons. The van der Waals surface area contributed by atoms with E-state index in [1.165, 1.54) is 0 Å². The number of benzene rings is 1. The molecule has 1 fully saturated rings. The van der Waals surface area contributed by atoms with Crippen LogP contribution in [0, 0.1) is 11.6 Å². The first kappa shape index (κ1) is 17.2. The van der Waals surface area contributed by atoms with Crippen LogP contribution in [0.4, 0.5) is 13.9 Å². The highest BCUT2D eigenvalue weighted by atomic mass is 32.2. The summed E-state index contributed by atoms with van der Waals surface area (Å²) >= 11 is 1.55. The minimum Gasteiger partial charge on any atom is -0.348 e. The molecule has 5 nitrogen and oxygen atoms in total. The van der Waals surface area contributed by atoms with Gasteiger partial charge in [0.2, 0.25) is 10.0 Å². The van der Waals surface area contributed by atoms with E-state index in [4.69, 9.17) is 0 Å². The zero-order valence-corrected chi connectivity index (χ0v) is 14.4. The molecule has 1 saturated heterocycles. The molecule has 0 atom stereocenters. The third kappa shape index (κ3) is 4.28. The maximum atomic E-state index is 13.6. The number of nitrogens with one attached hydrogen (secondary N) is 1. The van der Waals surface area contributed by atoms with E-state index >= 15 is 0 Å². The van der Waals surface area contributed by atoms with Gasteiger partial charge in [-0.25, -0.2) is 26.9 Å². The van der Waals surface area contributed by atoms with E-state index < -0.39 is 27.4 Å². The summed E-state index contributed by atoms with van der Waals surface area (Å²) in [5.74, 6) is -1.94. The molecular weight excluding hydrogens is 356 g/mol. The predicted octanol–water partition coefficient (Wildman–Crippen LogP) is 2.51. The third-order valence-electron chi connectivity index (χ3n) is 3.88. The Balaban J connectivity index is 1.58. The van der Waals surface area contributed by atoms with E-state index in [2.05, 4.69) is 14.6 Å². The SMILES string of the molecule is O=S(=O)(Cc1cc(F)ccc1F)NC1CCN(c2nccs2)CC1. The third-order valence-corrected chi connectivity index (χ3v) is 6.10. The van der Waals surface area contributed by atoms with Crippen molar-refractivity contribution in [3.05, 3.63) is 47.0 Å². The Morgan fingerprint density at radius 1 is 1.29 bits per heavy atom. The first-order chi connectivity index (χ1) is 11.4. The lowest BCUT2D eigenvalue weighted by Gasteiger charge is -2.31. The van der Waals surface area contributed by atoms with Gasteiger partial charge in [0.15, 0.2) is 5.13 Å². The number of thiazole rings is 1. The van der Waals surface area contributed by atoms with Crippen molar-refractivity contribution in [3.63, 3.8) is 0 Å². The van der Waals surface area contributed by atoms with Crippen LogP contribution in [0.15, 0.2) is 29.8 Å². The van der Waals surface area contributed by atoms with E-state index in [0.717, 1.165) is 23.3 Å². The Bertz CT molecular complexity index is 789. The molecule has 9 heteroatoms. The zero-order chi connectivity index (χ0) is 17.2. The van der Waals surface area contributed by atoms with Gasteiger partial charge in [0.05, 0.1) is 5.75 Å². The fraction of sp³-hybridized carbons (Fsp3) is 0.400. The average Bonchev–Trinajstić information content (AvgIpc) is 3.05. The Kier molecular flexibility index (Phi) is 5.12. The normalized spacial score (nSPS) is 16.5. The first-order valence-electron chi connectivity index (χ1n) is 7.51. The molecule has 1 aromatic heterocycles. The summed E-state index contributed by atoms with van der Waals surface area (Å²) in [6.45, 7) is 1.41. The molecule has 2 heterocycles. The monoisotopic (exact) mass is 373 g/mol. The van der Waals surface area contributed by atoms with E-state index in [-0.39, 0.29) is 11.6 Å². The van der Waals surface area contributed by atoms with E-state index in [0.29, 0.717) is 25.9 Å². The van der Waals surface area contributed by atoms with E-state index in [9.17, 15) is 17.2 Å². The van der Waals surface area contributed by atoms with Crippen LogP contribution in [0.25, 0.3) is 0 Å². The Hall–Kier alpha value is -1.58. The second-order valence-electron chi connectivity index (χ2n) is 5.69. The van der Waals surface area contributed by atoms with Gasteiger partial charge in [0.25, 0.3) is 0 Å². The van der Waals surface area contributed by atoms with Crippen molar-refractivity contribution in [3.8, 4) is 0 Å². The molecule has 1 N–H and O–H groups in total. The van der Waals surface area contributed by atoms with E-state index in [1.807, 2.05) is 5.38 Å². The maximum Gasteiger partial charge on any atom is 0.216 e. The maximum absolute atomic E-state index is 13.6. The second kappa shape index (κ2) is 7.12. The van der Waals surface area contributed by atoms with Gasteiger partial charge in [-0.2, -0.15) is 0 Å². The van der Waals surface area contributed by atoms with E-state index in [1.54, 1.807) is 17.5 Å². The average molecular weight is 373 g/mol. The van der Waals surface area contributed by atoms with Crippen LogP contribution in [0.2, 0.25) is 0 Å². The van der Waals surface area contributed by atoms with Gasteiger partial charge in [-0.15, -0.1) is 11.3 Å². The zero-order valence-electron chi connectivity index (χ0n) is 12.8. The van der Waals surface area contributed by atoms with Gasteiger partial charge < -0.3 is 4.90 Å². The number of piperidine rings is 1. The van der Waals surface area contributed by atoms with Crippen LogP contribution in [0.5, 0.6) is 0 Å². The van der Waals surface area contributed by atoms with Crippen LogP contribution >= 0.6 is 11.3 Å². The van der Waals surface area contributed by atoms with Gasteiger partial charge in [0, 0.05) is 36.3 Å². The predicted molar refractivity (Wildman–Crippen MR) is 89.5 cm³/mol. The van der Waals surface area contributed by atoms with Gasteiger partial charge in [-0.3, -0.25) is 0 Å². The highest BCUT2D eigenvalue weighted by Gasteiger charge is 2.25. The number of aromatic nitrogens is 1. The van der Waals surface area contributed by atoms with Crippen molar-refractivity contribution >= 4 is 26.5 Å². The molecule has 0 unspecified atom stereocenters. The van der Waals surface area contributed by atoms with Crippen molar-refractivity contribution in [2.45, 2.75) is 24.6 Å². The van der Waals surface area contributed by atoms with Crippen LogP contribution < -0.4 is 9.62 Å². The lowest BCUT2D eigenvalue weighted by Crippen LogP contribution is -2.45. The highest BCUT2D eigenvalue weighted by Crippen LogP contribution is 2.22. The molecule has 2 aromatic rings. The molecule has 0 radical (unpaired) electrons. The van der Waals surface area contributed by atoms with Gasteiger partial charge in [-0.05, 0) is 31.0 Å². The lowest BCUT2D eigenvalue weighted by molar-refractivity contribution is 0.459. The lowest BCUT2D eigenvalue weighted by atomic mass is 10.1. The molecule has 1 aliphatic rings. The largest absolute Gasteiger partial charge is 0.348 e. The van der Waals surface area contributed by atoms with Crippen LogP contribution in [-0.4, -0.2) is 32.5 Å². The second-order valence-corrected chi connectivity index (χ2v) is 8.32. The van der Waals surface area contributed by atoms with Crippen LogP contribution in [0.3, 0.4) is 0 Å². The molecule has 0 aliphatic carbocycles. The number of anilines is 1. The van der Waals surface area contributed by atoms with Crippen molar-refractivity contribution in [1.82, 2.24) is 9.71 Å². The minimum atomic E-state index is -3.73. The Morgan fingerprint density at radius 2 is 2.04 bits per heavy atom. The minimum absolute atomic E-state index is 0.164. The fourth-order valence-corrected chi connectivity index (χ4v) is 4.87. The standard InChI is InChI=1S/C15H17F2N3O2S2/c16-12-1-2-14(17)11(9-12)10-24(21,22)19-13-3-6-20(7-4-13)15-18-5-8-23-15/h1-2,5,8-9,13,19H,3-4,6-7,10H2. The summed E-state index contributed by atoms with van der Waals surface area (Å²) in [7, 11) is -3.73. The topological polar surface area (TPSA) is 62.3 Å². The summed E-state index contributed by atoms with van der Waals surface area (Å²) in [6, 6.07) is 2.61. The molecule has 1 aromatic carbocycles. The fourth-order valence-electron chi connectivity index (χ4n) is 2.71. The molecule has 3 rings (SSSR count). The summed E-state index contributed by atoms with van der Waals surface area (Å²) in [4.78, 5) is 6.35. The van der Waals surface area contributed by atoms with Crippen molar-refractivity contribution < 1.29 is 17.2 Å². The molecule has 0 bridgehead atoms. The summed E-state index contributed by atoms with van der Waals surface area (Å²) in [5, 5.41) is 2.83. The number of sulfonamides is 1. The smallest absolute Gasteiger partial charge is 0.216 e. The summed E-state index contributed by atoms with van der Waals surface area (Å²) in [5.41, 5.74) is -0.164. The number of hydrogen-bond donors (Lipinski definition) is 1. The summed E-state index contributed by atoms with van der Waals surface area (Å²) in [6.07, 6.45) is 3.03. The molecule has 1 aliphatic heterocycles. The van der Waals surface area contributed by atoms with Crippen LogP contribution in [0.1, 0.15) is 18.4 Å². The molecule has 0 saturated carbocycles. The Labute approximate surface area is 143 Å². The summed E-state index contributed by atoms with van der Waals surface area (Å²) < 4.78 is 53.8.